The fourth-order valence-electron chi connectivity index (χ4n) is 2.38. The Morgan fingerprint density at radius 3 is 2.52 bits per heavy atom. The smallest absolute Gasteiger partial charge is 0.337 e. The van der Waals surface area contributed by atoms with Crippen LogP contribution in [0.2, 0.25) is 0 Å². The summed E-state index contributed by atoms with van der Waals surface area (Å²) in [6.45, 7) is 1.57. The van der Waals surface area contributed by atoms with Crippen LogP contribution in [-0.2, 0) is 9.53 Å². The molecule has 0 saturated carbocycles. The van der Waals surface area contributed by atoms with Crippen molar-refractivity contribution in [1.82, 2.24) is 19.6 Å². The minimum absolute atomic E-state index is 0.369. The topological polar surface area (TPSA) is 108 Å². The Labute approximate surface area is 154 Å². The van der Waals surface area contributed by atoms with E-state index in [1.165, 1.54) is 36.1 Å². The van der Waals surface area contributed by atoms with E-state index in [-0.39, 0.29) is 0 Å². The van der Waals surface area contributed by atoms with Gasteiger partial charge in [0.1, 0.15) is 6.04 Å². The fraction of sp³-hybridized carbons (Fsp3) is 0.167. The van der Waals surface area contributed by atoms with Gasteiger partial charge in [0.05, 0.1) is 12.7 Å². The lowest BCUT2D eigenvalue weighted by molar-refractivity contribution is -0.119. The van der Waals surface area contributed by atoms with Crippen molar-refractivity contribution >= 4 is 17.6 Å². The molecule has 9 nitrogen and oxygen atoms in total. The predicted octanol–water partition coefficient (Wildman–Crippen LogP) is 1.42. The van der Waals surface area contributed by atoms with E-state index in [0.717, 1.165) is 4.68 Å². The Morgan fingerprint density at radius 2 is 1.89 bits per heavy atom. The molecule has 1 unspecified atom stereocenters. The van der Waals surface area contributed by atoms with Gasteiger partial charge in [-0.25, -0.2) is 14.2 Å². The maximum absolute atomic E-state index is 12.5. The second-order valence-corrected chi connectivity index (χ2v) is 5.66. The number of anilines is 1. The molecule has 0 saturated heterocycles. The van der Waals surface area contributed by atoms with Crippen molar-refractivity contribution in [2.75, 3.05) is 12.4 Å². The zero-order valence-electron chi connectivity index (χ0n) is 14.7. The summed E-state index contributed by atoms with van der Waals surface area (Å²) < 4.78 is 7.21. The van der Waals surface area contributed by atoms with Gasteiger partial charge in [0.15, 0.2) is 5.82 Å². The quantitative estimate of drug-likeness (QED) is 0.683. The van der Waals surface area contributed by atoms with Gasteiger partial charge in [-0.2, -0.15) is 5.10 Å². The Hall–Kier alpha value is -3.75. The average molecular weight is 367 g/mol. The molecule has 3 aromatic rings. The highest BCUT2D eigenvalue weighted by molar-refractivity contribution is 5.94. The van der Waals surface area contributed by atoms with Gasteiger partial charge in [0, 0.05) is 24.1 Å². The molecule has 1 N–H and O–H groups in total. The number of hydrogen-bond acceptors (Lipinski definition) is 6. The zero-order valence-corrected chi connectivity index (χ0v) is 14.7. The zero-order chi connectivity index (χ0) is 19.4. The molecule has 3 rings (SSSR count). The van der Waals surface area contributed by atoms with Gasteiger partial charge in [0.25, 0.3) is 5.56 Å². The van der Waals surface area contributed by atoms with Crippen molar-refractivity contribution in [3.63, 3.8) is 0 Å². The molecular weight excluding hydrogens is 350 g/mol. The van der Waals surface area contributed by atoms with E-state index < -0.39 is 23.5 Å². The summed E-state index contributed by atoms with van der Waals surface area (Å²) >= 11 is 0. The standard InChI is InChI=1S/C18H17N5O4/c1-12(17(25)20-14-6-4-13(5-7-14)18(26)27-2)23-16(24)9-8-15(21-23)22-11-3-10-19-22/h3-12H,1-2H3,(H,20,25). The van der Waals surface area contributed by atoms with E-state index in [9.17, 15) is 14.4 Å². The molecule has 0 bridgehead atoms. The first-order chi connectivity index (χ1) is 13.0. The Bertz CT molecular complexity index is 1010. The molecule has 2 heterocycles. The van der Waals surface area contributed by atoms with E-state index in [0.29, 0.717) is 17.1 Å². The van der Waals surface area contributed by atoms with Gasteiger partial charge < -0.3 is 10.1 Å². The number of aromatic nitrogens is 4. The first kappa shape index (κ1) is 18.1. The first-order valence-electron chi connectivity index (χ1n) is 8.08. The van der Waals surface area contributed by atoms with Crippen LogP contribution in [0.1, 0.15) is 23.3 Å². The normalized spacial score (nSPS) is 11.6. The maximum Gasteiger partial charge on any atom is 0.337 e. The van der Waals surface area contributed by atoms with Crippen LogP contribution in [0.15, 0.2) is 59.7 Å². The van der Waals surface area contributed by atoms with Crippen molar-refractivity contribution < 1.29 is 14.3 Å². The van der Waals surface area contributed by atoms with Crippen molar-refractivity contribution in [2.45, 2.75) is 13.0 Å². The van der Waals surface area contributed by atoms with Crippen molar-refractivity contribution in [3.8, 4) is 5.82 Å². The van der Waals surface area contributed by atoms with E-state index in [1.54, 1.807) is 37.5 Å². The Kier molecular flexibility index (Phi) is 5.11. The van der Waals surface area contributed by atoms with Crippen molar-refractivity contribution in [3.05, 3.63) is 70.8 Å². The predicted molar refractivity (Wildman–Crippen MR) is 96.7 cm³/mol. The Balaban J connectivity index is 1.78. The number of carbonyl (C=O) groups excluding carboxylic acids is 2. The molecule has 1 amide bonds. The summed E-state index contributed by atoms with van der Waals surface area (Å²) in [5.74, 6) is -0.470. The number of nitrogens with zero attached hydrogens (tertiary/aromatic N) is 4. The number of methoxy groups -OCH3 is 1. The summed E-state index contributed by atoms with van der Waals surface area (Å²) in [6.07, 6.45) is 3.27. The van der Waals surface area contributed by atoms with Crippen LogP contribution in [0.4, 0.5) is 5.69 Å². The molecular formula is C18H17N5O4. The third kappa shape index (κ3) is 3.92. The number of esters is 1. The largest absolute Gasteiger partial charge is 0.465 e. The van der Waals surface area contributed by atoms with Crippen LogP contribution in [0.5, 0.6) is 0 Å². The lowest BCUT2D eigenvalue weighted by Crippen LogP contribution is -2.33. The molecule has 0 aliphatic rings. The SMILES string of the molecule is COC(=O)c1ccc(NC(=O)C(C)n2nc(-n3cccn3)ccc2=O)cc1. The van der Waals surface area contributed by atoms with Gasteiger partial charge in [-0.15, -0.1) is 5.10 Å². The molecule has 1 atom stereocenters. The molecule has 0 aliphatic heterocycles. The van der Waals surface area contributed by atoms with Crippen LogP contribution in [0.25, 0.3) is 5.82 Å². The molecule has 2 aromatic heterocycles. The van der Waals surface area contributed by atoms with E-state index >= 15 is 0 Å². The molecule has 0 aliphatic carbocycles. The van der Waals surface area contributed by atoms with Gasteiger partial charge >= 0.3 is 5.97 Å². The van der Waals surface area contributed by atoms with E-state index in [1.807, 2.05) is 0 Å². The number of hydrogen-bond donors (Lipinski definition) is 1. The van der Waals surface area contributed by atoms with Gasteiger partial charge in [-0.3, -0.25) is 9.59 Å². The number of benzene rings is 1. The molecule has 1 aromatic carbocycles. The molecule has 27 heavy (non-hydrogen) atoms. The second kappa shape index (κ2) is 7.65. The van der Waals surface area contributed by atoms with Crippen LogP contribution in [-0.4, -0.2) is 38.5 Å². The van der Waals surface area contributed by atoms with Crippen LogP contribution >= 0.6 is 0 Å². The number of rotatable bonds is 5. The molecule has 0 spiro atoms. The number of amides is 1. The minimum atomic E-state index is -0.853. The van der Waals surface area contributed by atoms with Crippen LogP contribution in [0.3, 0.4) is 0 Å². The molecule has 0 fully saturated rings. The maximum atomic E-state index is 12.5. The first-order valence-corrected chi connectivity index (χ1v) is 8.08. The monoisotopic (exact) mass is 367 g/mol. The van der Waals surface area contributed by atoms with Crippen LogP contribution < -0.4 is 10.9 Å². The van der Waals surface area contributed by atoms with E-state index in [4.69, 9.17) is 0 Å². The van der Waals surface area contributed by atoms with Gasteiger partial charge in [0.2, 0.25) is 5.91 Å². The lowest BCUT2D eigenvalue weighted by Gasteiger charge is -2.15. The van der Waals surface area contributed by atoms with Crippen molar-refractivity contribution in [1.29, 1.82) is 0 Å². The third-order valence-electron chi connectivity index (χ3n) is 3.87. The average Bonchev–Trinajstić information content (AvgIpc) is 3.22. The molecule has 0 radical (unpaired) electrons. The number of carbonyl (C=O) groups is 2. The van der Waals surface area contributed by atoms with Crippen molar-refractivity contribution in [2.24, 2.45) is 0 Å². The lowest BCUT2D eigenvalue weighted by atomic mass is 10.2. The molecule has 9 heteroatoms. The summed E-state index contributed by atoms with van der Waals surface area (Å²) in [5, 5.41) is 11.0. The number of ether oxygens (including phenoxy) is 1. The molecule has 138 valence electrons. The van der Waals surface area contributed by atoms with Gasteiger partial charge in [-0.1, -0.05) is 0 Å². The van der Waals surface area contributed by atoms with Gasteiger partial charge in [-0.05, 0) is 43.3 Å². The second-order valence-electron chi connectivity index (χ2n) is 5.66. The Morgan fingerprint density at radius 1 is 1.15 bits per heavy atom. The summed E-state index contributed by atoms with van der Waals surface area (Å²) in [7, 11) is 1.29. The highest BCUT2D eigenvalue weighted by Crippen LogP contribution is 2.13. The summed E-state index contributed by atoms with van der Waals surface area (Å²) in [4.78, 5) is 36.1. The highest BCUT2D eigenvalue weighted by atomic mass is 16.5. The fourth-order valence-corrected chi connectivity index (χ4v) is 2.38. The summed E-state index contributed by atoms with van der Waals surface area (Å²) in [5.41, 5.74) is 0.443. The highest BCUT2D eigenvalue weighted by Gasteiger charge is 2.18. The summed E-state index contributed by atoms with van der Waals surface area (Å²) in [6, 6.07) is 9.96. The third-order valence-corrected chi connectivity index (χ3v) is 3.87. The minimum Gasteiger partial charge on any atom is -0.465 e. The van der Waals surface area contributed by atoms with Crippen LogP contribution in [0, 0.1) is 0 Å². The van der Waals surface area contributed by atoms with E-state index in [2.05, 4.69) is 20.3 Å². The number of nitrogens with one attached hydrogen (secondary N) is 1.